The molecule has 168 valence electrons. The minimum atomic E-state index is -3.00. The lowest BCUT2D eigenvalue weighted by Crippen LogP contribution is -2.57. The minimum absolute atomic E-state index is 0.0799. The Morgan fingerprint density at radius 3 is 2.66 bits per heavy atom. The molecule has 4 heterocycles. The molecule has 12 heteroatoms. The molecule has 0 saturated carbocycles. The van der Waals surface area contributed by atoms with Crippen molar-refractivity contribution in [2.45, 2.75) is 32.2 Å². The molecule has 3 aromatic heterocycles. The number of carbonyl (C=O) groups excluding carboxylic acids is 1. The van der Waals surface area contributed by atoms with Gasteiger partial charge < -0.3 is 10.2 Å². The number of halogens is 3. The number of amides is 1. The van der Waals surface area contributed by atoms with Crippen LogP contribution < -0.4 is 5.32 Å². The number of anilines is 1. The van der Waals surface area contributed by atoms with Gasteiger partial charge in [0.2, 0.25) is 5.95 Å². The second-order valence-corrected chi connectivity index (χ2v) is 9.27. The molecule has 4 rings (SSSR count). The topological polar surface area (TPSA) is 96.8 Å². The summed E-state index contributed by atoms with van der Waals surface area (Å²) in [5.74, 6) is -3.42. The average molecular weight is 480 g/mol. The number of likely N-dealkylation sites (tertiary alicyclic amines) is 1. The second kappa shape index (κ2) is 8.99. The summed E-state index contributed by atoms with van der Waals surface area (Å²) in [7, 11) is 0. The fourth-order valence-corrected chi connectivity index (χ4v) is 4.71. The fraction of sp³-hybridized carbons (Fsp3) is 0.400. The number of thiazole rings is 1. The van der Waals surface area contributed by atoms with E-state index in [1.54, 1.807) is 32.3 Å². The summed E-state index contributed by atoms with van der Waals surface area (Å²) in [6.45, 7) is 2.95. The molecule has 8 nitrogen and oxygen atoms in total. The number of aromatic nitrogens is 5. The van der Waals surface area contributed by atoms with Crippen LogP contribution in [0.3, 0.4) is 0 Å². The summed E-state index contributed by atoms with van der Waals surface area (Å²) in [4.78, 5) is 36.0. The lowest BCUT2D eigenvalue weighted by atomic mass is 9.88. The molecular formula is C20H20ClF2N7OS. The summed E-state index contributed by atoms with van der Waals surface area (Å²) >= 11 is 7.06. The van der Waals surface area contributed by atoms with Crippen LogP contribution in [-0.4, -0.2) is 60.8 Å². The van der Waals surface area contributed by atoms with Gasteiger partial charge in [-0.2, -0.15) is 0 Å². The summed E-state index contributed by atoms with van der Waals surface area (Å²) in [5, 5.41) is 4.03. The third-order valence-corrected chi connectivity index (χ3v) is 6.30. The number of piperidine rings is 1. The van der Waals surface area contributed by atoms with Gasteiger partial charge in [0.05, 0.1) is 35.0 Å². The van der Waals surface area contributed by atoms with Crippen LogP contribution in [0.2, 0.25) is 5.02 Å². The standard InChI is InChI=1S/C20H20ClF2N7OS/c1-11-6-20(22,23)10-30(14(11)9-28-19-26-7-13(21)8-27-19)18(31)15-16(32-12(2)29-15)17-24-4-3-5-25-17/h3-5,7-8,11,14H,6,9-10H2,1-2H3,(H,26,27,28). The fourth-order valence-electron chi connectivity index (χ4n) is 3.75. The summed E-state index contributed by atoms with van der Waals surface area (Å²) in [6.07, 6.45) is 5.66. The molecular weight excluding hydrogens is 460 g/mol. The van der Waals surface area contributed by atoms with Crippen molar-refractivity contribution in [2.75, 3.05) is 18.4 Å². The lowest BCUT2D eigenvalue weighted by molar-refractivity contribution is -0.0898. The third-order valence-electron chi connectivity index (χ3n) is 5.14. The SMILES string of the molecule is Cc1nc(C(=O)N2CC(F)(F)CC(C)C2CNc2ncc(Cl)cn2)c(-c2ncccn2)s1. The highest BCUT2D eigenvalue weighted by molar-refractivity contribution is 7.15. The Morgan fingerprint density at radius 1 is 1.28 bits per heavy atom. The van der Waals surface area contributed by atoms with Crippen LogP contribution >= 0.6 is 22.9 Å². The highest BCUT2D eigenvalue weighted by Gasteiger charge is 2.47. The smallest absolute Gasteiger partial charge is 0.274 e. The van der Waals surface area contributed by atoms with E-state index in [0.29, 0.717) is 26.7 Å². The molecule has 2 atom stereocenters. The predicted octanol–water partition coefficient (Wildman–Crippen LogP) is 3.95. The van der Waals surface area contributed by atoms with Gasteiger partial charge >= 0.3 is 0 Å². The van der Waals surface area contributed by atoms with Gasteiger partial charge in [0.15, 0.2) is 11.5 Å². The number of hydrogen-bond donors (Lipinski definition) is 1. The number of carbonyl (C=O) groups is 1. The highest BCUT2D eigenvalue weighted by Crippen LogP contribution is 2.37. The van der Waals surface area contributed by atoms with Crippen molar-refractivity contribution >= 4 is 34.8 Å². The first kappa shape index (κ1) is 22.4. The Morgan fingerprint density at radius 2 is 1.97 bits per heavy atom. The Balaban J connectivity index is 1.64. The van der Waals surface area contributed by atoms with Gasteiger partial charge in [-0.1, -0.05) is 18.5 Å². The van der Waals surface area contributed by atoms with Crippen molar-refractivity contribution in [3.63, 3.8) is 0 Å². The van der Waals surface area contributed by atoms with E-state index in [0.717, 1.165) is 0 Å². The first-order valence-corrected chi connectivity index (χ1v) is 11.1. The van der Waals surface area contributed by atoms with E-state index >= 15 is 0 Å². The Bertz CT molecular complexity index is 1100. The van der Waals surface area contributed by atoms with Crippen LogP contribution in [0, 0.1) is 12.8 Å². The molecule has 32 heavy (non-hydrogen) atoms. The molecule has 3 aromatic rings. The maximum absolute atomic E-state index is 14.5. The first-order chi connectivity index (χ1) is 15.2. The molecule has 0 aliphatic carbocycles. The van der Waals surface area contributed by atoms with Gasteiger partial charge in [0.25, 0.3) is 11.8 Å². The van der Waals surface area contributed by atoms with Gasteiger partial charge in [-0.05, 0) is 18.9 Å². The van der Waals surface area contributed by atoms with E-state index in [1.165, 1.54) is 28.6 Å². The van der Waals surface area contributed by atoms with Crippen molar-refractivity contribution in [1.82, 2.24) is 29.8 Å². The van der Waals surface area contributed by atoms with Crippen LogP contribution in [0.15, 0.2) is 30.9 Å². The van der Waals surface area contributed by atoms with Crippen molar-refractivity contribution in [3.05, 3.63) is 46.6 Å². The van der Waals surface area contributed by atoms with E-state index in [1.807, 2.05) is 0 Å². The van der Waals surface area contributed by atoms with E-state index < -0.39 is 30.3 Å². The second-order valence-electron chi connectivity index (χ2n) is 7.63. The van der Waals surface area contributed by atoms with Crippen LogP contribution in [0.1, 0.15) is 28.8 Å². The van der Waals surface area contributed by atoms with Crippen LogP contribution in [-0.2, 0) is 0 Å². The molecule has 0 radical (unpaired) electrons. The number of aryl methyl sites for hydroxylation is 1. The largest absolute Gasteiger partial charge is 0.352 e. The molecule has 1 N–H and O–H groups in total. The van der Waals surface area contributed by atoms with Crippen LogP contribution in [0.25, 0.3) is 10.7 Å². The van der Waals surface area contributed by atoms with Crippen LogP contribution in [0.5, 0.6) is 0 Å². The summed E-state index contributed by atoms with van der Waals surface area (Å²) in [5.41, 5.74) is 0.0799. The Kier molecular flexibility index (Phi) is 6.29. The highest BCUT2D eigenvalue weighted by atomic mass is 35.5. The quantitative estimate of drug-likeness (QED) is 0.591. The zero-order chi connectivity index (χ0) is 22.9. The molecule has 1 aliphatic heterocycles. The van der Waals surface area contributed by atoms with Gasteiger partial charge in [0.1, 0.15) is 4.88 Å². The molecule has 0 bridgehead atoms. The normalized spacial score (nSPS) is 20.2. The predicted molar refractivity (Wildman–Crippen MR) is 117 cm³/mol. The van der Waals surface area contributed by atoms with Gasteiger partial charge in [-0.15, -0.1) is 11.3 Å². The maximum Gasteiger partial charge on any atom is 0.274 e. The van der Waals surface area contributed by atoms with E-state index in [4.69, 9.17) is 11.6 Å². The number of rotatable bonds is 5. The van der Waals surface area contributed by atoms with E-state index in [9.17, 15) is 13.6 Å². The van der Waals surface area contributed by atoms with Gasteiger partial charge in [0, 0.05) is 25.4 Å². The van der Waals surface area contributed by atoms with Crippen molar-refractivity contribution < 1.29 is 13.6 Å². The number of alkyl halides is 2. The van der Waals surface area contributed by atoms with Crippen molar-refractivity contribution in [3.8, 4) is 10.7 Å². The summed E-state index contributed by atoms with van der Waals surface area (Å²) in [6, 6.07) is 1.14. The van der Waals surface area contributed by atoms with E-state index in [-0.39, 0.29) is 18.7 Å². The Labute approximate surface area is 192 Å². The first-order valence-electron chi connectivity index (χ1n) is 9.88. The lowest BCUT2D eigenvalue weighted by Gasteiger charge is -2.43. The number of nitrogens with zero attached hydrogens (tertiary/aromatic N) is 6. The molecule has 0 spiro atoms. The van der Waals surface area contributed by atoms with Crippen molar-refractivity contribution in [1.29, 1.82) is 0 Å². The summed E-state index contributed by atoms with van der Waals surface area (Å²) < 4.78 is 29.0. The molecule has 2 unspecified atom stereocenters. The van der Waals surface area contributed by atoms with Crippen molar-refractivity contribution in [2.24, 2.45) is 5.92 Å². The number of nitrogens with one attached hydrogen (secondary N) is 1. The zero-order valence-electron chi connectivity index (χ0n) is 17.3. The maximum atomic E-state index is 14.5. The minimum Gasteiger partial charge on any atom is -0.352 e. The average Bonchev–Trinajstić information content (AvgIpc) is 3.15. The zero-order valence-corrected chi connectivity index (χ0v) is 18.9. The third kappa shape index (κ3) is 4.83. The molecule has 0 aromatic carbocycles. The van der Waals surface area contributed by atoms with Gasteiger partial charge in [-0.25, -0.2) is 33.7 Å². The van der Waals surface area contributed by atoms with Crippen LogP contribution in [0.4, 0.5) is 14.7 Å². The molecule has 1 amide bonds. The Hall–Kier alpha value is -2.79. The molecule has 1 aliphatic rings. The monoisotopic (exact) mass is 479 g/mol. The van der Waals surface area contributed by atoms with E-state index in [2.05, 4.69) is 30.2 Å². The number of hydrogen-bond acceptors (Lipinski definition) is 8. The molecule has 1 fully saturated rings. The van der Waals surface area contributed by atoms with Gasteiger partial charge in [-0.3, -0.25) is 4.79 Å². The molecule has 1 saturated heterocycles.